The summed E-state index contributed by atoms with van der Waals surface area (Å²) in [4.78, 5) is 21.3. The van der Waals surface area contributed by atoms with Crippen molar-refractivity contribution in [3.63, 3.8) is 0 Å². The van der Waals surface area contributed by atoms with Gasteiger partial charge in [0.1, 0.15) is 0 Å². The Morgan fingerprint density at radius 3 is 2.66 bits per heavy atom. The molecule has 1 amide bonds. The minimum Gasteiger partial charge on any atom is -0.300 e. The summed E-state index contributed by atoms with van der Waals surface area (Å²) in [6.07, 6.45) is -0.448. The third kappa shape index (κ3) is 4.28. The summed E-state index contributed by atoms with van der Waals surface area (Å²) in [5, 5.41) is 0. The molecule has 32 heavy (non-hydrogen) atoms. The number of para-hydroxylation sites is 1. The Morgan fingerprint density at radius 1 is 1.00 bits per heavy atom. The van der Waals surface area contributed by atoms with Crippen molar-refractivity contribution in [2.24, 2.45) is 0 Å². The molecule has 2 saturated heterocycles. The van der Waals surface area contributed by atoms with Crippen molar-refractivity contribution in [1.82, 2.24) is 9.80 Å². The van der Waals surface area contributed by atoms with Gasteiger partial charge < -0.3 is 0 Å². The lowest BCUT2D eigenvalue weighted by Gasteiger charge is -2.44. The number of halogens is 3. The maximum atomic E-state index is 13.4. The van der Waals surface area contributed by atoms with Crippen LogP contribution in [0.4, 0.5) is 24.5 Å². The van der Waals surface area contributed by atoms with Gasteiger partial charge >= 0.3 is 6.18 Å². The van der Waals surface area contributed by atoms with Crippen LogP contribution in [0.15, 0.2) is 52.3 Å². The molecule has 0 spiro atoms. The first-order valence-corrected chi connectivity index (χ1v) is 12.0. The molecule has 2 fully saturated rings. The van der Waals surface area contributed by atoms with Crippen LogP contribution in [0.1, 0.15) is 31.2 Å². The SMILES string of the molecule is O=C(CCN1CCN2CCCC[C@H]2C1)N1c2ccccc2Sc2ccc(C(F)(F)F)cc21. The van der Waals surface area contributed by atoms with Gasteiger partial charge in [0, 0.05) is 48.4 Å². The van der Waals surface area contributed by atoms with Crippen molar-refractivity contribution in [2.75, 3.05) is 37.6 Å². The lowest BCUT2D eigenvalue weighted by Crippen LogP contribution is -2.55. The Balaban J connectivity index is 1.37. The molecule has 0 N–H and O–H groups in total. The van der Waals surface area contributed by atoms with Crippen LogP contribution in [-0.2, 0) is 11.0 Å². The predicted molar refractivity (Wildman–Crippen MR) is 119 cm³/mol. The number of amides is 1. The summed E-state index contributed by atoms with van der Waals surface area (Å²) in [5.74, 6) is -0.163. The standard InChI is InChI=1S/C24H26F3N3OS/c25-24(26,27)17-8-9-22-20(15-17)30(19-6-1-2-7-21(19)32-22)23(31)10-12-28-13-14-29-11-4-3-5-18(29)16-28/h1-2,6-9,15,18H,3-5,10-14,16H2/t18-/m0/s1. The first-order chi connectivity index (χ1) is 15.4. The number of benzene rings is 2. The van der Waals surface area contributed by atoms with Crippen molar-refractivity contribution in [3.8, 4) is 0 Å². The summed E-state index contributed by atoms with van der Waals surface area (Å²) in [6.45, 7) is 4.72. The molecule has 170 valence electrons. The number of alkyl halides is 3. The quantitative estimate of drug-likeness (QED) is 0.612. The number of hydrogen-bond donors (Lipinski definition) is 0. The summed E-state index contributed by atoms with van der Waals surface area (Å²) in [5.41, 5.74) is 0.250. The van der Waals surface area contributed by atoms with Gasteiger partial charge in [-0.2, -0.15) is 13.2 Å². The van der Waals surface area contributed by atoms with E-state index in [9.17, 15) is 18.0 Å². The van der Waals surface area contributed by atoms with Crippen LogP contribution >= 0.6 is 11.8 Å². The molecule has 0 saturated carbocycles. The monoisotopic (exact) mass is 461 g/mol. The molecule has 5 rings (SSSR count). The molecule has 0 unspecified atom stereocenters. The average molecular weight is 462 g/mol. The molecule has 3 heterocycles. The molecule has 3 aliphatic heterocycles. The molecule has 2 aromatic rings. The van der Waals surface area contributed by atoms with Gasteiger partial charge in [-0.15, -0.1) is 0 Å². The number of hydrogen-bond acceptors (Lipinski definition) is 4. The molecule has 3 aliphatic rings. The van der Waals surface area contributed by atoms with Crippen LogP contribution in [0.3, 0.4) is 0 Å². The van der Waals surface area contributed by atoms with Crippen LogP contribution in [0.25, 0.3) is 0 Å². The number of carbonyl (C=O) groups is 1. The van der Waals surface area contributed by atoms with Crippen molar-refractivity contribution in [1.29, 1.82) is 0 Å². The number of anilines is 2. The third-order valence-electron chi connectivity index (χ3n) is 6.67. The third-order valence-corrected chi connectivity index (χ3v) is 7.80. The van der Waals surface area contributed by atoms with E-state index in [2.05, 4.69) is 9.80 Å². The van der Waals surface area contributed by atoms with Gasteiger partial charge in [-0.25, -0.2) is 0 Å². The van der Waals surface area contributed by atoms with E-state index in [-0.39, 0.29) is 12.3 Å². The van der Waals surface area contributed by atoms with Crippen LogP contribution in [0.2, 0.25) is 0 Å². The van der Waals surface area contributed by atoms with E-state index in [0.717, 1.165) is 43.2 Å². The van der Waals surface area contributed by atoms with Crippen molar-refractivity contribution < 1.29 is 18.0 Å². The predicted octanol–water partition coefficient (Wildman–Crippen LogP) is 5.39. The molecule has 0 aromatic heterocycles. The number of piperazine rings is 1. The Bertz CT molecular complexity index is 1010. The van der Waals surface area contributed by atoms with Crippen LogP contribution < -0.4 is 4.90 Å². The number of rotatable bonds is 3. The van der Waals surface area contributed by atoms with Gasteiger partial charge in [-0.05, 0) is 49.7 Å². The summed E-state index contributed by atoms with van der Waals surface area (Å²) in [6, 6.07) is 11.7. The Kier molecular flexibility index (Phi) is 5.94. The molecule has 8 heteroatoms. The normalized spacial score (nSPS) is 21.6. The first-order valence-electron chi connectivity index (χ1n) is 11.2. The second-order valence-corrected chi connectivity index (χ2v) is 9.80. The molecule has 0 aliphatic carbocycles. The highest BCUT2D eigenvalue weighted by atomic mass is 32.2. The second-order valence-electron chi connectivity index (χ2n) is 8.72. The Hall–Kier alpha value is -2.03. The molecule has 4 nitrogen and oxygen atoms in total. The zero-order valence-corrected chi connectivity index (χ0v) is 18.6. The Labute approximate surface area is 190 Å². The zero-order chi connectivity index (χ0) is 22.3. The molecule has 0 radical (unpaired) electrons. The number of nitrogens with zero attached hydrogens (tertiary/aromatic N) is 3. The smallest absolute Gasteiger partial charge is 0.300 e. The van der Waals surface area contributed by atoms with Crippen LogP contribution in [0, 0.1) is 0 Å². The van der Waals surface area contributed by atoms with E-state index in [1.165, 1.54) is 42.0 Å². The molecule has 1 atom stereocenters. The van der Waals surface area contributed by atoms with E-state index in [0.29, 0.717) is 28.9 Å². The van der Waals surface area contributed by atoms with Gasteiger partial charge in [0.25, 0.3) is 0 Å². The maximum absolute atomic E-state index is 13.4. The fourth-order valence-electron chi connectivity index (χ4n) is 4.99. The molecular weight excluding hydrogens is 435 g/mol. The molecule has 2 aromatic carbocycles. The van der Waals surface area contributed by atoms with Crippen molar-refractivity contribution in [2.45, 2.75) is 47.7 Å². The Morgan fingerprint density at radius 2 is 1.81 bits per heavy atom. The van der Waals surface area contributed by atoms with Gasteiger partial charge in [0.2, 0.25) is 5.91 Å². The number of piperidine rings is 1. The van der Waals surface area contributed by atoms with E-state index in [1.807, 2.05) is 24.3 Å². The number of carbonyl (C=O) groups excluding carboxylic acids is 1. The summed E-state index contributed by atoms with van der Waals surface area (Å²) < 4.78 is 40.2. The number of fused-ring (bicyclic) bond motifs is 3. The van der Waals surface area contributed by atoms with Gasteiger partial charge in [-0.1, -0.05) is 30.3 Å². The molecular formula is C24H26F3N3OS. The van der Waals surface area contributed by atoms with Crippen LogP contribution in [-0.4, -0.2) is 54.5 Å². The van der Waals surface area contributed by atoms with Crippen molar-refractivity contribution >= 4 is 29.0 Å². The highest BCUT2D eigenvalue weighted by Crippen LogP contribution is 2.49. The van der Waals surface area contributed by atoms with E-state index >= 15 is 0 Å². The summed E-state index contributed by atoms with van der Waals surface area (Å²) in [7, 11) is 0. The maximum Gasteiger partial charge on any atom is 0.416 e. The van der Waals surface area contributed by atoms with E-state index < -0.39 is 11.7 Å². The minimum atomic E-state index is -4.45. The zero-order valence-electron chi connectivity index (χ0n) is 17.8. The molecule has 0 bridgehead atoms. The van der Waals surface area contributed by atoms with E-state index in [4.69, 9.17) is 0 Å². The van der Waals surface area contributed by atoms with E-state index in [1.54, 1.807) is 0 Å². The van der Waals surface area contributed by atoms with Gasteiger partial charge in [-0.3, -0.25) is 19.5 Å². The van der Waals surface area contributed by atoms with Gasteiger partial charge in [0.15, 0.2) is 0 Å². The average Bonchev–Trinajstić information content (AvgIpc) is 2.80. The fraction of sp³-hybridized carbons (Fsp3) is 0.458. The first kappa shape index (κ1) is 21.8. The van der Waals surface area contributed by atoms with Crippen LogP contribution in [0.5, 0.6) is 0 Å². The topological polar surface area (TPSA) is 26.8 Å². The highest BCUT2D eigenvalue weighted by Gasteiger charge is 2.35. The largest absolute Gasteiger partial charge is 0.416 e. The van der Waals surface area contributed by atoms with Gasteiger partial charge in [0.05, 0.1) is 16.9 Å². The minimum absolute atomic E-state index is 0.163. The lowest BCUT2D eigenvalue weighted by atomic mass is 9.99. The fourth-order valence-corrected chi connectivity index (χ4v) is 6.03. The second kappa shape index (κ2) is 8.72. The van der Waals surface area contributed by atoms with Crippen molar-refractivity contribution in [3.05, 3.63) is 48.0 Å². The lowest BCUT2D eigenvalue weighted by molar-refractivity contribution is -0.137. The highest BCUT2D eigenvalue weighted by molar-refractivity contribution is 7.99. The summed E-state index contributed by atoms with van der Waals surface area (Å²) >= 11 is 1.40.